The maximum absolute atomic E-state index is 5.71. The Balaban J connectivity index is 1.99. The highest BCUT2D eigenvalue weighted by atomic mass is 15.2. The number of hydrazine groups is 1. The lowest BCUT2D eigenvalue weighted by atomic mass is 9.94. The standard InChI is InChI=1S/C17H23N3/c1-13-6-5-7-14(2)17(13)12-16(20-18)10-9-15-8-3-4-11-19-15/h3-8,11,16,20H,9-10,12,18H2,1-2H3. The first-order valence-corrected chi connectivity index (χ1v) is 7.12. The van der Waals surface area contributed by atoms with Crippen molar-refractivity contribution < 1.29 is 0 Å². The molecule has 0 aliphatic carbocycles. The second kappa shape index (κ2) is 7.17. The molecule has 0 bridgehead atoms. The van der Waals surface area contributed by atoms with Crippen LogP contribution in [0.3, 0.4) is 0 Å². The quantitative estimate of drug-likeness (QED) is 0.626. The van der Waals surface area contributed by atoms with Crippen LogP contribution in [-0.2, 0) is 12.8 Å². The van der Waals surface area contributed by atoms with Gasteiger partial charge >= 0.3 is 0 Å². The summed E-state index contributed by atoms with van der Waals surface area (Å²) in [6, 6.07) is 12.7. The molecule has 0 aliphatic rings. The van der Waals surface area contributed by atoms with Gasteiger partial charge in [-0.1, -0.05) is 24.3 Å². The van der Waals surface area contributed by atoms with Crippen LogP contribution in [0.2, 0.25) is 0 Å². The molecule has 2 aromatic rings. The largest absolute Gasteiger partial charge is 0.271 e. The number of hydrogen-bond donors (Lipinski definition) is 2. The summed E-state index contributed by atoms with van der Waals surface area (Å²) < 4.78 is 0. The predicted molar refractivity (Wildman–Crippen MR) is 83.3 cm³/mol. The minimum absolute atomic E-state index is 0.275. The lowest BCUT2D eigenvalue weighted by Gasteiger charge is -2.18. The zero-order valence-electron chi connectivity index (χ0n) is 12.3. The van der Waals surface area contributed by atoms with E-state index >= 15 is 0 Å². The van der Waals surface area contributed by atoms with Crippen LogP contribution in [0.4, 0.5) is 0 Å². The first-order valence-electron chi connectivity index (χ1n) is 7.12. The Kier molecular flexibility index (Phi) is 5.27. The number of aromatic nitrogens is 1. The van der Waals surface area contributed by atoms with Crippen molar-refractivity contribution in [2.24, 2.45) is 5.84 Å². The Bertz CT molecular complexity index is 517. The van der Waals surface area contributed by atoms with Crippen LogP contribution in [-0.4, -0.2) is 11.0 Å². The Hall–Kier alpha value is -1.71. The molecule has 0 saturated heterocycles. The van der Waals surface area contributed by atoms with Crippen molar-refractivity contribution in [3.8, 4) is 0 Å². The number of rotatable bonds is 6. The SMILES string of the molecule is Cc1cccc(C)c1CC(CCc1ccccn1)NN. The summed E-state index contributed by atoms with van der Waals surface area (Å²) in [5, 5.41) is 0. The third-order valence-corrected chi connectivity index (χ3v) is 3.81. The third kappa shape index (κ3) is 3.89. The summed E-state index contributed by atoms with van der Waals surface area (Å²) in [6.45, 7) is 4.32. The fourth-order valence-corrected chi connectivity index (χ4v) is 2.53. The number of aryl methyl sites for hydroxylation is 3. The number of nitrogens with two attached hydrogens (primary N) is 1. The number of pyridine rings is 1. The Morgan fingerprint density at radius 2 is 1.85 bits per heavy atom. The highest BCUT2D eigenvalue weighted by molar-refractivity contribution is 5.34. The average molecular weight is 269 g/mol. The highest BCUT2D eigenvalue weighted by Crippen LogP contribution is 2.17. The second-order valence-corrected chi connectivity index (χ2v) is 5.30. The minimum Gasteiger partial charge on any atom is -0.271 e. The molecule has 1 atom stereocenters. The van der Waals surface area contributed by atoms with E-state index < -0.39 is 0 Å². The zero-order chi connectivity index (χ0) is 14.4. The fourth-order valence-electron chi connectivity index (χ4n) is 2.53. The summed E-state index contributed by atoms with van der Waals surface area (Å²) in [7, 11) is 0. The van der Waals surface area contributed by atoms with Crippen LogP contribution < -0.4 is 11.3 Å². The maximum Gasteiger partial charge on any atom is 0.0404 e. The highest BCUT2D eigenvalue weighted by Gasteiger charge is 2.11. The van der Waals surface area contributed by atoms with Gasteiger partial charge in [0.25, 0.3) is 0 Å². The van der Waals surface area contributed by atoms with Crippen LogP contribution in [0.25, 0.3) is 0 Å². The number of nitrogens with zero attached hydrogens (tertiary/aromatic N) is 1. The van der Waals surface area contributed by atoms with Gasteiger partial charge in [-0.25, -0.2) is 0 Å². The van der Waals surface area contributed by atoms with Crippen molar-refractivity contribution in [2.45, 2.75) is 39.2 Å². The van der Waals surface area contributed by atoms with Gasteiger partial charge in [0, 0.05) is 17.9 Å². The molecule has 20 heavy (non-hydrogen) atoms. The summed E-state index contributed by atoms with van der Waals surface area (Å²) >= 11 is 0. The monoisotopic (exact) mass is 269 g/mol. The van der Waals surface area contributed by atoms with Gasteiger partial charge < -0.3 is 0 Å². The molecule has 0 aliphatic heterocycles. The number of hydrogen-bond acceptors (Lipinski definition) is 3. The van der Waals surface area contributed by atoms with E-state index in [1.54, 1.807) is 0 Å². The molecule has 106 valence electrons. The summed E-state index contributed by atoms with van der Waals surface area (Å²) in [5.74, 6) is 5.71. The molecular formula is C17H23N3. The predicted octanol–water partition coefficient (Wildman–Crippen LogP) is 2.71. The van der Waals surface area contributed by atoms with Gasteiger partial charge in [0.2, 0.25) is 0 Å². The van der Waals surface area contributed by atoms with E-state index in [4.69, 9.17) is 5.84 Å². The molecule has 2 rings (SSSR count). The van der Waals surface area contributed by atoms with Crippen molar-refractivity contribution in [3.05, 3.63) is 65.0 Å². The topological polar surface area (TPSA) is 50.9 Å². The van der Waals surface area contributed by atoms with E-state index in [0.717, 1.165) is 25.0 Å². The molecule has 1 aromatic carbocycles. The Morgan fingerprint density at radius 3 is 2.45 bits per heavy atom. The van der Waals surface area contributed by atoms with Gasteiger partial charge in [-0.05, 0) is 61.9 Å². The zero-order valence-corrected chi connectivity index (χ0v) is 12.3. The van der Waals surface area contributed by atoms with Crippen LogP contribution in [0.1, 0.15) is 28.8 Å². The maximum atomic E-state index is 5.71. The van der Waals surface area contributed by atoms with Gasteiger partial charge in [0.1, 0.15) is 0 Å². The van der Waals surface area contributed by atoms with Crippen LogP contribution in [0, 0.1) is 13.8 Å². The molecular weight excluding hydrogens is 246 g/mol. The molecule has 0 radical (unpaired) electrons. The minimum atomic E-state index is 0.275. The van der Waals surface area contributed by atoms with E-state index in [0.29, 0.717) is 0 Å². The van der Waals surface area contributed by atoms with Gasteiger partial charge in [0.05, 0.1) is 0 Å². The van der Waals surface area contributed by atoms with E-state index in [9.17, 15) is 0 Å². The molecule has 0 fully saturated rings. The van der Waals surface area contributed by atoms with Crippen molar-refractivity contribution in [1.29, 1.82) is 0 Å². The summed E-state index contributed by atoms with van der Waals surface area (Å²) in [4.78, 5) is 4.36. The Labute approximate surface area is 121 Å². The summed E-state index contributed by atoms with van der Waals surface area (Å²) in [5.41, 5.74) is 8.14. The van der Waals surface area contributed by atoms with Crippen LogP contribution >= 0.6 is 0 Å². The molecule has 0 saturated carbocycles. The number of benzene rings is 1. The second-order valence-electron chi connectivity index (χ2n) is 5.30. The first-order chi connectivity index (χ1) is 9.70. The fraction of sp³-hybridized carbons (Fsp3) is 0.353. The van der Waals surface area contributed by atoms with Crippen molar-refractivity contribution in [1.82, 2.24) is 10.4 Å². The van der Waals surface area contributed by atoms with Crippen molar-refractivity contribution in [2.75, 3.05) is 0 Å². The normalized spacial score (nSPS) is 12.3. The number of nitrogens with one attached hydrogen (secondary N) is 1. The van der Waals surface area contributed by atoms with Crippen molar-refractivity contribution >= 4 is 0 Å². The smallest absolute Gasteiger partial charge is 0.0404 e. The molecule has 1 heterocycles. The first kappa shape index (κ1) is 14.7. The molecule has 3 N–H and O–H groups in total. The third-order valence-electron chi connectivity index (χ3n) is 3.81. The average Bonchev–Trinajstić information content (AvgIpc) is 2.47. The lowest BCUT2D eigenvalue weighted by Crippen LogP contribution is -2.37. The molecule has 1 aromatic heterocycles. The molecule has 3 nitrogen and oxygen atoms in total. The molecule has 0 amide bonds. The molecule has 1 unspecified atom stereocenters. The van der Waals surface area contributed by atoms with Gasteiger partial charge in [0.15, 0.2) is 0 Å². The van der Waals surface area contributed by atoms with Crippen molar-refractivity contribution in [3.63, 3.8) is 0 Å². The summed E-state index contributed by atoms with van der Waals surface area (Å²) in [6.07, 6.45) is 4.73. The van der Waals surface area contributed by atoms with Crippen LogP contribution in [0.5, 0.6) is 0 Å². The Morgan fingerprint density at radius 1 is 1.10 bits per heavy atom. The van der Waals surface area contributed by atoms with Gasteiger partial charge in [-0.3, -0.25) is 16.3 Å². The molecule has 3 heteroatoms. The lowest BCUT2D eigenvalue weighted by molar-refractivity contribution is 0.487. The molecule has 0 spiro atoms. The van der Waals surface area contributed by atoms with E-state index in [2.05, 4.69) is 48.5 Å². The van der Waals surface area contributed by atoms with E-state index in [1.807, 2.05) is 18.3 Å². The van der Waals surface area contributed by atoms with Gasteiger partial charge in [-0.2, -0.15) is 0 Å². The van der Waals surface area contributed by atoms with Crippen LogP contribution in [0.15, 0.2) is 42.6 Å². The van der Waals surface area contributed by atoms with E-state index in [1.165, 1.54) is 16.7 Å². The van der Waals surface area contributed by atoms with Gasteiger partial charge in [-0.15, -0.1) is 0 Å². The van der Waals surface area contributed by atoms with E-state index in [-0.39, 0.29) is 6.04 Å².